The minimum atomic E-state index is -4.35. The highest BCUT2D eigenvalue weighted by atomic mass is 35.5. The van der Waals surface area contributed by atoms with Crippen molar-refractivity contribution in [1.82, 2.24) is 5.32 Å². The van der Waals surface area contributed by atoms with E-state index in [1.807, 2.05) is 13.8 Å². The summed E-state index contributed by atoms with van der Waals surface area (Å²) in [4.78, 5) is 13.3. The fourth-order valence-electron chi connectivity index (χ4n) is 4.52. The van der Waals surface area contributed by atoms with Crippen LogP contribution in [0.4, 0.5) is 10.1 Å². The Hall–Kier alpha value is -3.70. The molecule has 1 aliphatic rings. The molecule has 3 aromatic rings. The van der Waals surface area contributed by atoms with Crippen molar-refractivity contribution in [1.29, 1.82) is 0 Å². The van der Waals surface area contributed by atoms with Gasteiger partial charge in [-0.3, -0.25) is 9.10 Å². The molecule has 1 heterocycles. The zero-order valence-corrected chi connectivity index (χ0v) is 24.2. The Morgan fingerprint density at radius 3 is 2.42 bits per heavy atom. The lowest BCUT2D eigenvalue weighted by Gasteiger charge is -2.38. The minimum Gasteiger partial charge on any atom is -0.497 e. The van der Waals surface area contributed by atoms with E-state index in [0.717, 1.165) is 22.0 Å². The number of methoxy groups -OCH3 is 3. The average Bonchev–Trinajstić information content (AvgIpc) is 2.91. The number of hydrogen-bond acceptors (Lipinski definition) is 7. The minimum absolute atomic E-state index is 0.00813. The van der Waals surface area contributed by atoms with E-state index in [4.69, 9.17) is 30.5 Å². The number of sulfonamides is 1. The molecule has 4 rings (SSSR count). The second kappa shape index (κ2) is 11.4. The van der Waals surface area contributed by atoms with Gasteiger partial charge in [0.05, 0.1) is 43.0 Å². The molecule has 0 spiro atoms. The third-order valence-electron chi connectivity index (χ3n) is 6.43. The quantitative estimate of drug-likeness (QED) is 0.368. The number of hydrogen-bond donors (Lipinski definition) is 1. The van der Waals surface area contributed by atoms with Crippen LogP contribution in [-0.2, 0) is 14.8 Å². The van der Waals surface area contributed by atoms with Gasteiger partial charge in [-0.1, -0.05) is 11.6 Å². The van der Waals surface area contributed by atoms with Crippen LogP contribution in [0.2, 0.25) is 5.02 Å². The molecule has 9 nitrogen and oxygen atoms in total. The van der Waals surface area contributed by atoms with E-state index < -0.39 is 39.9 Å². The summed E-state index contributed by atoms with van der Waals surface area (Å²) in [5.41, 5.74) is 0.120. The zero-order chi connectivity index (χ0) is 29.2. The van der Waals surface area contributed by atoms with Gasteiger partial charge >= 0.3 is 0 Å². The first-order valence-electron chi connectivity index (χ1n) is 12.2. The number of anilines is 1. The van der Waals surface area contributed by atoms with Crippen molar-refractivity contribution in [2.45, 2.75) is 36.8 Å². The standard InChI is InChI=1S/C28H30ClFN2O7S/c1-28(2)15-23(20-9-7-18(36-3)13-25(20)39-28)31-27(33)16-32(17-6-10-22(30)21(29)12-17)40(34,35)19-8-11-24(37-4)26(14-19)38-5/h6-14,23H,15-16H2,1-5H3,(H,31,33). The molecule has 0 saturated heterocycles. The van der Waals surface area contributed by atoms with Gasteiger partial charge in [0.1, 0.15) is 29.5 Å². The van der Waals surface area contributed by atoms with Gasteiger partial charge in [-0.2, -0.15) is 0 Å². The van der Waals surface area contributed by atoms with Crippen molar-refractivity contribution in [3.05, 3.63) is 71.0 Å². The molecular weight excluding hydrogens is 563 g/mol. The summed E-state index contributed by atoms with van der Waals surface area (Å²) in [6.45, 7) is 3.17. The first-order valence-corrected chi connectivity index (χ1v) is 14.1. The van der Waals surface area contributed by atoms with E-state index >= 15 is 0 Å². The lowest BCUT2D eigenvalue weighted by atomic mass is 9.89. The molecule has 1 aliphatic heterocycles. The number of carbonyl (C=O) groups excluding carboxylic acids is 1. The molecule has 1 unspecified atom stereocenters. The van der Waals surface area contributed by atoms with Crippen molar-refractivity contribution in [3.63, 3.8) is 0 Å². The van der Waals surface area contributed by atoms with E-state index in [1.54, 1.807) is 25.3 Å². The zero-order valence-electron chi connectivity index (χ0n) is 22.7. The fourth-order valence-corrected chi connectivity index (χ4v) is 6.12. The average molecular weight is 593 g/mol. The molecule has 0 aliphatic carbocycles. The third kappa shape index (κ3) is 6.05. The predicted octanol–water partition coefficient (Wildman–Crippen LogP) is 5.12. The van der Waals surface area contributed by atoms with Gasteiger partial charge in [-0.05, 0) is 56.3 Å². The monoisotopic (exact) mass is 592 g/mol. The van der Waals surface area contributed by atoms with Gasteiger partial charge < -0.3 is 24.3 Å². The SMILES string of the molecule is COc1ccc2c(c1)OC(C)(C)CC2NC(=O)CN(c1ccc(F)c(Cl)c1)S(=O)(=O)c1ccc(OC)c(OC)c1. The Balaban J connectivity index is 1.70. The maximum Gasteiger partial charge on any atom is 0.264 e. The normalized spacial score (nSPS) is 15.8. The van der Waals surface area contributed by atoms with Crippen LogP contribution in [0.3, 0.4) is 0 Å². The summed E-state index contributed by atoms with van der Waals surface area (Å²) < 4.78 is 64.5. The van der Waals surface area contributed by atoms with E-state index in [-0.39, 0.29) is 21.4 Å². The number of nitrogens with zero attached hydrogens (tertiary/aromatic N) is 1. The summed E-state index contributed by atoms with van der Waals surface area (Å²) >= 11 is 5.99. The molecule has 1 amide bonds. The second-order valence-corrected chi connectivity index (χ2v) is 12.0. The van der Waals surface area contributed by atoms with Crippen LogP contribution in [0.1, 0.15) is 31.9 Å². The number of halogens is 2. The van der Waals surface area contributed by atoms with Crippen LogP contribution in [0.15, 0.2) is 59.5 Å². The number of benzene rings is 3. The number of carbonyl (C=O) groups is 1. The number of amides is 1. The molecule has 214 valence electrons. The Labute approximate surface area is 237 Å². The van der Waals surface area contributed by atoms with Crippen LogP contribution in [0, 0.1) is 5.82 Å². The number of fused-ring (bicyclic) bond motifs is 1. The molecule has 12 heteroatoms. The molecule has 3 aromatic carbocycles. The van der Waals surface area contributed by atoms with Crippen LogP contribution in [0.25, 0.3) is 0 Å². The number of nitrogens with one attached hydrogen (secondary N) is 1. The third-order valence-corrected chi connectivity index (χ3v) is 8.49. The van der Waals surface area contributed by atoms with E-state index in [2.05, 4.69) is 5.32 Å². The van der Waals surface area contributed by atoms with E-state index in [9.17, 15) is 17.6 Å². The summed E-state index contributed by atoms with van der Waals surface area (Å²) in [6, 6.07) is 12.3. The fraction of sp³-hybridized carbons (Fsp3) is 0.321. The molecule has 0 fully saturated rings. The molecule has 0 aromatic heterocycles. The van der Waals surface area contributed by atoms with Crippen molar-refractivity contribution < 1.29 is 36.6 Å². The number of rotatable bonds is 9. The second-order valence-electron chi connectivity index (χ2n) is 9.72. The first kappa shape index (κ1) is 29.3. The van der Waals surface area contributed by atoms with Gasteiger partial charge in [-0.15, -0.1) is 0 Å². The van der Waals surface area contributed by atoms with Crippen molar-refractivity contribution in [3.8, 4) is 23.0 Å². The topological polar surface area (TPSA) is 103 Å². The van der Waals surface area contributed by atoms with Gasteiger partial charge in [0.25, 0.3) is 10.0 Å². The molecule has 1 atom stereocenters. The smallest absolute Gasteiger partial charge is 0.264 e. The van der Waals surface area contributed by atoms with Crippen molar-refractivity contribution in [2.24, 2.45) is 0 Å². The highest BCUT2D eigenvalue weighted by Gasteiger charge is 2.36. The summed E-state index contributed by atoms with van der Waals surface area (Å²) in [6.07, 6.45) is 0.433. The Bertz CT molecular complexity index is 1530. The molecule has 0 saturated carbocycles. The highest BCUT2D eigenvalue weighted by molar-refractivity contribution is 7.92. The lowest BCUT2D eigenvalue weighted by Crippen LogP contribution is -2.45. The van der Waals surface area contributed by atoms with Crippen molar-refractivity contribution in [2.75, 3.05) is 32.2 Å². The summed E-state index contributed by atoms with van der Waals surface area (Å²) in [5, 5.41) is 2.65. The summed E-state index contributed by atoms with van der Waals surface area (Å²) in [7, 11) is -0.00660. The largest absolute Gasteiger partial charge is 0.497 e. The maximum absolute atomic E-state index is 14.0. The predicted molar refractivity (Wildman–Crippen MR) is 149 cm³/mol. The van der Waals surface area contributed by atoms with Crippen LogP contribution in [0.5, 0.6) is 23.0 Å². The Kier molecular flexibility index (Phi) is 8.36. The van der Waals surface area contributed by atoms with E-state index in [1.165, 1.54) is 38.5 Å². The van der Waals surface area contributed by atoms with Crippen molar-refractivity contribution >= 4 is 33.2 Å². The maximum atomic E-state index is 14.0. The van der Waals surface area contributed by atoms with Crippen LogP contribution >= 0.6 is 11.6 Å². The molecule has 1 N–H and O–H groups in total. The van der Waals surface area contributed by atoms with Gasteiger partial charge in [0.2, 0.25) is 5.91 Å². The van der Waals surface area contributed by atoms with E-state index in [0.29, 0.717) is 23.7 Å². The first-order chi connectivity index (χ1) is 18.9. The highest BCUT2D eigenvalue weighted by Crippen LogP contribution is 2.41. The van der Waals surface area contributed by atoms with Gasteiger partial charge in [0, 0.05) is 24.1 Å². The van der Waals surface area contributed by atoms with Gasteiger partial charge in [-0.25, -0.2) is 12.8 Å². The molecule has 0 radical (unpaired) electrons. The number of ether oxygens (including phenoxy) is 4. The van der Waals surface area contributed by atoms with Crippen LogP contribution < -0.4 is 28.6 Å². The molecule has 40 heavy (non-hydrogen) atoms. The lowest BCUT2D eigenvalue weighted by molar-refractivity contribution is -0.120. The van der Waals surface area contributed by atoms with Crippen LogP contribution in [-0.4, -0.2) is 47.8 Å². The molecule has 0 bridgehead atoms. The summed E-state index contributed by atoms with van der Waals surface area (Å²) in [5.74, 6) is 0.348. The Morgan fingerprint density at radius 2 is 1.77 bits per heavy atom. The molecular formula is C28H30ClFN2O7S. The Morgan fingerprint density at radius 1 is 1.05 bits per heavy atom. The van der Waals surface area contributed by atoms with Gasteiger partial charge in [0.15, 0.2) is 11.5 Å².